The second-order valence-corrected chi connectivity index (χ2v) is 6.61. The lowest BCUT2D eigenvalue weighted by Crippen LogP contribution is -2.28. The van der Waals surface area contributed by atoms with Crippen LogP contribution in [-0.4, -0.2) is 9.97 Å². The Morgan fingerprint density at radius 2 is 1.37 bits per heavy atom. The SMILES string of the molecule is C[C@H](NC(c1ccccc1)c1ccccc1)c1nc2ccccc2c(=O)[nH]1. The molecule has 4 rings (SSSR count). The third kappa shape index (κ3) is 3.66. The van der Waals surface area contributed by atoms with Crippen molar-refractivity contribution in [3.05, 3.63) is 112 Å². The van der Waals surface area contributed by atoms with Crippen LogP contribution < -0.4 is 10.9 Å². The van der Waals surface area contributed by atoms with Crippen molar-refractivity contribution >= 4 is 10.9 Å². The number of hydrogen-bond donors (Lipinski definition) is 2. The molecule has 0 radical (unpaired) electrons. The molecular weight excluding hydrogens is 334 g/mol. The highest BCUT2D eigenvalue weighted by molar-refractivity contribution is 5.77. The monoisotopic (exact) mass is 355 g/mol. The third-order valence-electron chi connectivity index (χ3n) is 4.72. The zero-order chi connectivity index (χ0) is 18.6. The van der Waals surface area contributed by atoms with Gasteiger partial charge in [-0.3, -0.25) is 10.1 Å². The molecule has 0 bridgehead atoms. The molecule has 0 spiro atoms. The van der Waals surface area contributed by atoms with Crippen molar-refractivity contribution < 1.29 is 0 Å². The van der Waals surface area contributed by atoms with E-state index in [0.29, 0.717) is 16.7 Å². The van der Waals surface area contributed by atoms with Gasteiger partial charge in [0.2, 0.25) is 0 Å². The average Bonchev–Trinajstić information content (AvgIpc) is 2.73. The largest absolute Gasteiger partial charge is 0.309 e. The number of aromatic amines is 1. The van der Waals surface area contributed by atoms with Gasteiger partial charge in [0.1, 0.15) is 5.82 Å². The van der Waals surface area contributed by atoms with E-state index in [1.165, 1.54) is 11.1 Å². The highest BCUT2D eigenvalue weighted by atomic mass is 16.1. The summed E-state index contributed by atoms with van der Waals surface area (Å²) in [5.41, 5.74) is 2.93. The molecule has 1 atom stereocenters. The standard InChI is InChI=1S/C23H21N3O/c1-16(22-25-20-15-9-8-14-19(20)23(27)26-22)24-21(17-10-4-2-5-11-17)18-12-6-3-7-13-18/h2-16,21,24H,1H3,(H,25,26,27)/t16-/m0/s1. The number of para-hydroxylation sites is 1. The summed E-state index contributed by atoms with van der Waals surface area (Å²) >= 11 is 0. The Morgan fingerprint density at radius 1 is 0.815 bits per heavy atom. The fourth-order valence-electron chi connectivity index (χ4n) is 3.31. The van der Waals surface area contributed by atoms with Crippen LogP contribution in [0.25, 0.3) is 10.9 Å². The van der Waals surface area contributed by atoms with Crippen molar-refractivity contribution in [2.24, 2.45) is 0 Å². The molecule has 0 amide bonds. The molecule has 4 nitrogen and oxygen atoms in total. The van der Waals surface area contributed by atoms with E-state index in [2.05, 4.69) is 39.6 Å². The zero-order valence-electron chi connectivity index (χ0n) is 15.1. The van der Waals surface area contributed by atoms with E-state index < -0.39 is 0 Å². The lowest BCUT2D eigenvalue weighted by Gasteiger charge is -2.24. The first-order valence-corrected chi connectivity index (χ1v) is 9.07. The summed E-state index contributed by atoms with van der Waals surface area (Å²) in [6.45, 7) is 2.02. The second kappa shape index (κ2) is 7.56. The number of rotatable bonds is 5. The summed E-state index contributed by atoms with van der Waals surface area (Å²) < 4.78 is 0. The predicted molar refractivity (Wildman–Crippen MR) is 109 cm³/mol. The number of aromatic nitrogens is 2. The minimum absolute atomic E-state index is 0.000766. The van der Waals surface area contributed by atoms with E-state index in [0.717, 1.165) is 0 Å². The van der Waals surface area contributed by atoms with Gasteiger partial charge >= 0.3 is 0 Å². The third-order valence-corrected chi connectivity index (χ3v) is 4.72. The number of nitrogens with one attached hydrogen (secondary N) is 2. The maximum Gasteiger partial charge on any atom is 0.258 e. The molecule has 0 saturated heterocycles. The van der Waals surface area contributed by atoms with Gasteiger partial charge in [-0.05, 0) is 30.2 Å². The van der Waals surface area contributed by atoms with Gasteiger partial charge in [-0.1, -0.05) is 72.8 Å². The summed E-state index contributed by atoms with van der Waals surface area (Å²) in [5.74, 6) is 0.635. The molecule has 0 aliphatic carbocycles. The molecule has 4 aromatic rings. The topological polar surface area (TPSA) is 57.8 Å². The molecule has 1 heterocycles. The molecule has 0 aliphatic rings. The Kier molecular flexibility index (Phi) is 4.81. The van der Waals surface area contributed by atoms with E-state index in [4.69, 9.17) is 0 Å². The van der Waals surface area contributed by atoms with Crippen LogP contribution in [0.3, 0.4) is 0 Å². The molecule has 4 heteroatoms. The zero-order valence-corrected chi connectivity index (χ0v) is 15.1. The van der Waals surface area contributed by atoms with Crippen LogP contribution in [0.15, 0.2) is 89.7 Å². The number of hydrogen-bond acceptors (Lipinski definition) is 3. The lowest BCUT2D eigenvalue weighted by molar-refractivity contribution is 0.496. The van der Waals surface area contributed by atoms with E-state index in [1.807, 2.05) is 61.5 Å². The summed E-state index contributed by atoms with van der Waals surface area (Å²) in [6.07, 6.45) is 0. The average molecular weight is 355 g/mol. The molecule has 1 aromatic heterocycles. The normalized spacial score (nSPS) is 12.4. The van der Waals surface area contributed by atoms with Crippen LogP contribution in [0.4, 0.5) is 0 Å². The highest BCUT2D eigenvalue weighted by Crippen LogP contribution is 2.25. The van der Waals surface area contributed by atoms with Gasteiger partial charge in [0.25, 0.3) is 5.56 Å². The van der Waals surface area contributed by atoms with Crippen LogP contribution in [0.1, 0.15) is 36.0 Å². The molecule has 3 aromatic carbocycles. The molecular formula is C23H21N3O. The fraction of sp³-hybridized carbons (Fsp3) is 0.130. The van der Waals surface area contributed by atoms with E-state index >= 15 is 0 Å². The Morgan fingerprint density at radius 3 is 2.00 bits per heavy atom. The summed E-state index contributed by atoms with van der Waals surface area (Å²) in [6, 6.07) is 27.9. The number of fused-ring (bicyclic) bond motifs is 1. The van der Waals surface area contributed by atoms with Crippen LogP contribution in [-0.2, 0) is 0 Å². The summed E-state index contributed by atoms with van der Waals surface area (Å²) in [7, 11) is 0. The number of benzene rings is 3. The van der Waals surface area contributed by atoms with E-state index in [9.17, 15) is 4.79 Å². The van der Waals surface area contributed by atoms with Crippen LogP contribution in [0.2, 0.25) is 0 Å². The molecule has 2 N–H and O–H groups in total. The van der Waals surface area contributed by atoms with Crippen LogP contribution >= 0.6 is 0 Å². The van der Waals surface area contributed by atoms with Gasteiger partial charge in [0.05, 0.1) is 23.0 Å². The van der Waals surface area contributed by atoms with Crippen molar-refractivity contribution in [2.75, 3.05) is 0 Å². The molecule has 0 fully saturated rings. The van der Waals surface area contributed by atoms with E-state index in [1.54, 1.807) is 6.07 Å². The van der Waals surface area contributed by atoms with Crippen molar-refractivity contribution in [1.82, 2.24) is 15.3 Å². The number of nitrogens with zero attached hydrogens (tertiary/aromatic N) is 1. The molecule has 27 heavy (non-hydrogen) atoms. The maximum atomic E-state index is 12.4. The quantitative estimate of drug-likeness (QED) is 0.559. The van der Waals surface area contributed by atoms with Crippen molar-refractivity contribution in [2.45, 2.75) is 19.0 Å². The summed E-state index contributed by atoms with van der Waals surface area (Å²) in [4.78, 5) is 20.0. The molecule has 0 saturated carbocycles. The van der Waals surface area contributed by atoms with Gasteiger partial charge in [0.15, 0.2) is 0 Å². The Labute approximate surface area is 157 Å². The maximum absolute atomic E-state index is 12.4. The smallest absolute Gasteiger partial charge is 0.258 e. The van der Waals surface area contributed by atoms with Gasteiger partial charge in [0, 0.05) is 0 Å². The van der Waals surface area contributed by atoms with Gasteiger partial charge in [-0.25, -0.2) is 4.98 Å². The first-order chi connectivity index (χ1) is 13.2. The van der Waals surface area contributed by atoms with Crippen molar-refractivity contribution in [1.29, 1.82) is 0 Å². The van der Waals surface area contributed by atoms with Crippen molar-refractivity contribution in [3.63, 3.8) is 0 Å². The minimum atomic E-state index is -0.132. The first kappa shape index (κ1) is 17.2. The van der Waals surface area contributed by atoms with Gasteiger partial charge < -0.3 is 4.98 Å². The lowest BCUT2D eigenvalue weighted by atomic mass is 9.98. The highest BCUT2D eigenvalue weighted by Gasteiger charge is 2.19. The fourth-order valence-corrected chi connectivity index (χ4v) is 3.31. The minimum Gasteiger partial charge on any atom is -0.309 e. The van der Waals surface area contributed by atoms with Crippen LogP contribution in [0, 0.1) is 0 Å². The first-order valence-electron chi connectivity index (χ1n) is 9.07. The van der Waals surface area contributed by atoms with Gasteiger partial charge in [-0.2, -0.15) is 0 Å². The molecule has 0 aliphatic heterocycles. The van der Waals surface area contributed by atoms with E-state index in [-0.39, 0.29) is 17.6 Å². The van der Waals surface area contributed by atoms with Gasteiger partial charge in [-0.15, -0.1) is 0 Å². The second-order valence-electron chi connectivity index (χ2n) is 6.61. The molecule has 0 unspecified atom stereocenters. The van der Waals surface area contributed by atoms with Crippen LogP contribution in [0.5, 0.6) is 0 Å². The predicted octanol–water partition coefficient (Wildman–Crippen LogP) is 4.36. The van der Waals surface area contributed by atoms with Crippen molar-refractivity contribution in [3.8, 4) is 0 Å². The Bertz CT molecular complexity index is 1050. The number of H-pyrrole nitrogens is 1. The Balaban J connectivity index is 1.70. The summed E-state index contributed by atoms with van der Waals surface area (Å²) in [5, 5.41) is 4.23. The molecule has 134 valence electrons. The Hall–Kier alpha value is -3.24.